The first-order valence-corrected chi connectivity index (χ1v) is 9.83. The van der Waals surface area contributed by atoms with Crippen LogP contribution in [0.15, 0.2) is 48.5 Å². The fourth-order valence-electron chi connectivity index (χ4n) is 4.01. The van der Waals surface area contributed by atoms with Gasteiger partial charge in [0.25, 0.3) is 5.91 Å². The summed E-state index contributed by atoms with van der Waals surface area (Å²) in [6.45, 7) is 2.27. The molecule has 0 aliphatic carbocycles. The van der Waals surface area contributed by atoms with Crippen molar-refractivity contribution in [3.05, 3.63) is 65.2 Å². The zero-order valence-corrected chi connectivity index (χ0v) is 16.1. The summed E-state index contributed by atoms with van der Waals surface area (Å²) in [7, 11) is 0. The monoisotopic (exact) mass is 392 g/mol. The smallest absolute Gasteiger partial charge is 0.255 e. The number of carbonyl (C=O) groups is 3. The highest BCUT2D eigenvalue weighted by atomic mass is 16.2. The van der Waals surface area contributed by atoms with Gasteiger partial charge in [-0.25, -0.2) is 0 Å². The second-order valence-corrected chi connectivity index (χ2v) is 7.44. The van der Waals surface area contributed by atoms with Crippen LogP contribution in [-0.2, 0) is 22.7 Å². The second-order valence-electron chi connectivity index (χ2n) is 7.44. The number of hydrogen-bond donors (Lipinski definition) is 2. The number of fused-ring (bicyclic) bond motifs is 1. The Hall–Kier alpha value is -3.19. The first kappa shape index (κ1) is 19.1. The van der Waals surface area contributed by atoms with Crippen LogP contribution in [0.25, 0.3) is 0 Å². The van der Waals surface area contributed by atoms with Crippen LogP contribution in [0, 0.1) is 0 Å². The number of amides is 3. The molecule has 2 aliphatic rings. The van der Waals surface area contributed by atoms with E-state index in [9.17, 15) is 14.4 Å². The summed E-state index contributed by atoms with van der Waals surface area (Å²) in [4.78, 5) is 40.3. The first-order valence-electron chi connectivity index (χ1n) is 9.83. The molecule has 29 heavy (non-hydrogen) atoms. The van der Waals surface area contributed by atoms with Crippen molar-refractivity contribution >= 4 is 23.4 Å². The molecule has 2 heterocycles. The van der Waals surface area contributed by atoms with Crippen molar-refractivity contribution in [2.45, 2.75) is 32.0 Å². The van der Waals surface area contributed by atoms with Crippen molar-refractivity contribution in [1.29, 1.82) is 0 Å². The third-order valence-corrected chi connectivity index (χ3v) is 5.49. The summed E-state index contributed by atoms with van der Waals surface area (Å²) in [5, 5.41) is 2.33. The maximum absolute atomic E-state index is 13.0. The SMILES string of the molecule is NCCN(Cc1ccc2c(c1)C(=O)N(C1CCC(=O)NC1=O)C2)c1ccccc1. The van der Waals surface area contributed by atoms with E-state index in [0.717, 1.165) is 16.8 Å². The van der Waals surface area contributed by atoms with E-state index >= 15 is 0 Å². The van der Waals surface area contributed by atoms with Gasteiger partial charge in [-0.2, -0.15) is 0 Å². The number of carbonyl (C=O) groups excluding carboxylic acids is 3. The predicted octanol–water partition coefficient (Wildman–Crippen LogP) is 1.41. The van der Waals surface area contributed by atoms with E-state index in [0.29, 0.717) is 38.2 Å². The molecule has 0 bridgehead atoms. The predicted molar refractivity (Wildman–Crippen MR) is 109 cm³/mol. The third kappa shape index (κ3) is 3.86. The highest BCUT2D eigenvalue weighted by Gasteiger charge is 2.39. The Morgan fingerprint density at radius 2 is 1.90 bits per heavy atom. The Balaban J connectivity index is 1.53. The molecule has 2 aliphatic heterocycles. The lowest BCUT2D eigenvalue weighted by molar-refractivity contribution is -0.136. The maximum Gasteiger partial charge on any atom is 0.255 e. The second kappa shape index (κ2) is 8.05. The van der Waals surface area contributed by atoms with Gasteiger partial charge in [-0.1, -0.05) is 30.3 Å². The van der Waals surface area contributed by atoms with E-state index in [4.69, 9.17) is 5.73 Å². The van der Waals surface area contributed by atoms with Crippen LogP contribution in [0.1, 0.15) is 34.3 Å². The first-order chi connectivity index (χ1) is 14.1. The minimum absolute atomic E-state index is 0.151. The minimum Gasteiger partial charge on any atom is -0.366 e. The molecular weight excluding hydrogens is 368 g/mol. The highest BCUT2D eigenvalue weighted by molar-refractivity contribution is 6.05. The van der Waals surface area contributed by atoms with E-state index in [-0.39, 0.29) is 24.1 Å². The zero-order chi connectivity index (χ0) is 20.4. The van der Waals surface area contributed by atoms with Crippen molar-refractivity contribution in [1.82, 2.24) is 10.2 Å². The normalized spacial score (nSPS) is 18.6. The van der Waals surface area contributed by atoms with Crippen LogP contribution in [0.4, 0.5) is 5.69 Å². The fraction of sp³-hybridized carbons (Fsp3) is 0.318. The molecule has 7 heteroatoms. The Bertz CT molecular complexity index is 944. The minimum atomic E-state index is -0.589. The summed E-state index contributed by atoms with van der Waals surface area (Å²) in [6, 6.07) is 15.3. The van der Waals surface area contributed by atoms with Gasteiger partial charge in [0.2, 0.25) is 11.8 Å². The number of piperidine rings is 1. The molecule has 1 saturated heterocycles. The van der Waals surface area contributed by atoms with Gasteiger partial charge in [-0.05, 0) is 35.7 Å². The van der Waals surface area contributed by atoms with Crippen molar-refractivity contribution in [2.75, 3.05) is 18.0 Å². The third-order valence-electron chi connectivity index (χ3n) is 5.49. The molecule has 0 saturated carbocycles. The van der Waals surface area contributed by atoms with Crippen molar-refractivity contribution < 1.29 is 14.4 Å². The number of imide groups is 1. The lowest BCUT2D eigenvalue weighted by Crippen LogP contribution is -2.52. The van der Waals surface area contributed by atoms with Crippen LogP contribution in [-0.4, -0.2) is 41.8 Å². The number of nitrogens with two attached hydrogens (primary N) is 1. The van der Waals surface area contributed by atoms with E-state index in [1.54, 1.807) is 4.90 Å². The van der Waals surface area contributed by atoms with Crippen LogP contribution in [0.3, 0.4) is 0 Å². The molecule has 0 aromatic heterocycles. The number of rotatable bonds is 6. The van der Waals surface area contributed by atoms with Crippen LogP contribution in [0.5, 0.6) is 0 Å². The lowest BCUT2D eigenvalue weighted by atomic mass is 10.0. The quantitative estimate of drug-likeness (QED) is 0.725. The number of nitrogens with zero attached hydrogens (tertiary/aromatic N) is 2. The van der Waals surface area contributed by atoms with Crippen molar-refractivity contribution in [3.8, 4) is 0 Å². The van der Waals surface area contributed by atoms with E-state index in [1.165, 1.54) is 0 Å². The molecular formula is C22H24N4O3. The van der Waals surface area contributed by atoms with Crippen LogP contribution in [0.2, 0.25) is 0 Å². The zero-order valence-electron chi connectivity index (χ0n) is 16.1. The largest absolute Gasteiger partial charge is 0.366 e. The van der Waals surface area contributed by atoms with Gasteiger partial charge in [-0.15, -0.1) is 0 Å². The summed E-state index contributed by atoms with van der Waals surface area (Å²) < 4.78 is 0. The van der Waals surface area contributed by atoms with Gasteiger partial charge in [-0.3, -0.25) is 19.7 Å². The molecule has 150 valence electrons. The number of para-hydroxylation sites is 1. The summed E-state index contributed by atoms with van der Waals surface area (Å²) >= 11 is 0. The molecule has 7 nitrogen and oxygen atoms in total. The van der Waals surface area contributed by atoms with Gasteiger partial charge in [0.05, 0.1) is 0 Å². The van der Waals surface area contributed by atoms with E-state index < -0.39 is 6.04 Å². The molecule has 2 aromatic carbocycles. The molecule has 2 aromatic rings. The van der Waals surface area contributed by atoms with Crippen molar-refractivity contribution in [2.24, 2.45) is 5.73 Å². The number of hydrogen-bond acceptors (Lipinski definition) is 5. The molecule has 0 radical (unpaired) electrons. The number of benzene rings is 2. The van der Waals surface area contributed by atoms with E-state index in [2.05, 4.69) is 10.2 Å². The Kier molecular flexibility index (Phi) is 5.31. The topological polar surface area (TPSA) is 95.7 Å². The highest BCUT2D eigenvalue weighted by Crippen LogP contribution is 2.29. The Labute approximate surface area is 169 Å². The molecule has 1 unspecified atom stereocenters. The van der Waals surface area contributed by atoms with Gasteiger partial charge in [0.1, 0.15) is 6.04 Å². The van der Waals surface area contributed by atoms with Crippen molar-refractivity contribution in [3.63, 3.8) is 0 Å². The number of nitrogens with one attached hydrogen (secondary N) is 1. The lowest BCUT2D eigenvalue weighted by Gasteiger charge is -2.29. The number of anilines is 1. The molecule has 4 rings (SSSR count). The van der Waals surface area contributed by atoms with E-state index in [1.807, 2.05) is 48.5 Å². The molecule has 3 amide bonds. The van der Waals surface area contributed by atoms with Crippen LogP contribution < -0.4 is 16.0 Å². The van der Waals surface area contributed by atoms with Gasteiger partial charge < -0.3 is 15.5 Å². The molecule has 1 fully saturated rings. The average Bonchev–Trinajstić information content (AvgIpc) is 3.04. The van der Waals surface area contributed by atoms with Gasteiger partial charge in [0, 0.05) is 43.9 Å². The molecule has 3 N–H and O–H groups in total. The summed E-state index contributed by atoms with van der Waals surface area (Å²) in [5.41, 5.74) is 9.43. The van der Waals surface area contributed by atoms with Crippen LogP contribution >= 0.6 is 0 Å². The summed E-state index contributed by atoms with van der Waals surface area (Å²) in [6.07, 6.45) is 0.627. The average molecular weight is 392 g/mol. The molecule has 0 spiro atoms. The Morgan fingerprint density at radius 1 is 1.10 bits per heavy atom. The maximum atomic E-state index is 13.0. The fourth-order valence-corrected chi connectivity index (χ4v) is 4.01. The van der Waals surface area contributed by atoms with Gasteiger partial charge >= 0.3 is 0 Å². The Morgan fingerprint density at radius 3 is 2.62 bits per heavy atom. The van der Waals surface area contributed by atoms with Gasteiger partial charge in [0.15, 0.2) is 0 Å². The standard InChI is InChI=1S/C22H24N4O3/c23-10-11-25(17-4-2-1-3-5-17)13-15-6-7-16-14-26(22(29)18(16)12-15)19-8-9-20(27)24-21(19)28/h1-7,12,19H,8-11,13-14,23H2,(H,24,27,28). The summed E-state index contributed by atoms with van der Waals surface area (Å²) in [5.74, 6) is -0.819. The molecule has 1 atom stereocenters.